The number of fused-ring (bicyclic) bond motifs is 1. The van der Waals surface area contributed by atoms with Crippen molar-refractivity contribution >= 4 is 39.6 Å². The molecule has 0 unspecified atom stereocenters. The van der Waals surface area contributed by atoms with Crippen molar-refractivity contribution in [2.75, 3.05) is 32.0 Å². The van der Waals surface area contributed by atoms with Crippen LogP contribution < -0.4 is 15.4 Å². The molecule has 186 valence electrons. The number of carboxylic acid groups (broad SMARTS) is 1. The van der Waals surface area contributed by atoms with Gasteiger partial charge in [-0.2, -0.15) is 0 Å². The van der Waals surface area contributed by atoms with Crippen molar-refractivity contribution in [3.63, 3.8) is 0 Å². The first-order valence-electron chi connectivity index (χ1n) is 10.7. The molecule has 6 atom stereocenters. The fourth-order valence-electron chi connectivity index (χ4n) is 4.56. The standard InChI is InChI=1S/C19H30N4O8S2/c1-9-14-13(10(2)25)18(27)23(14)15(19(28)29)16(9)32-11-7-12(21-8-11)17(26)20-4-6-33(30,31)22-3-5-24/h9-14,21-22,24-25H,3-8H2,1-2H3,(H,20,26)(H,28,29)/t9-,10-,11+,12+,13-,14-/m1/s1. The summed E-state index contributed by atoms with van der Waals surface area (Å²) in [5.41, 5.74) is -0.0483. The molecule has 12 nitrogen and oxygen atoms in total. The predicted molar refractivity (Wildman–Crippen MR) is 119 cm³/mol. The minimum atomic E-state index is -3.59. The van der Waals surface area contributed by atoms with Gasteiger partial charge in [0.1, 0.15) is 5.70 Å². The predicted octanol–water partition coefficient (Wildman–Crippen LogP) is -2.37. The molecule has 0 saturated carbocycles. The van der Waals surface area contributed by atoms with Gasteiger partial charge in [-0.1, -0.05) is 6.92 Å². The number of carbonyl (C=O) groups excluding carboxylic acids is 2. The maximum absolute atomic E-state index is 12.4. The lowest BCUT2D eigenvalue weighted by atomic mass is 9.79. The van der Waals surface area contributed by atoms with E-state index in [0.29, 0.717) is 17.9 Å². The molecular formula is C19H30N4O8S2. The van der Waals surface area contributed by atoms with Gasteiger partial charge in [0.25, 0.3) is 0 Å². The fraction of sp³-hybridized carbons (Fsp3) is 0.737. The van der Waals surface area contributed by atoms with E-state index >= 15 is 0 Å². The number of nitrogens with one attached hydrogen (secondary N) is 3. The summed E-state index contributed by atoms with van der Waals surface area (Å²) in [5, 5.41) is 33.9. The molecule has 14 heteroatoms. The summed E-state index contributed by atoms with van der Waals surface area (Å²) in [5.74, 6) is -3.12. The SMILES string of the molecule is C[C@@H](O)[C@H]1C(=O)N2C(C(=O)O)=C(S[C@@H]3CN[C@H](C(=O)NCCS(=O)(=O)NCCO)C3)[C@H](C)[C@H]12. The van der Waals surface area contributed by atoms with Crippen LogP contribution in [0.25, 0.3) is 0 Å². The Bertz CT molecular complexity index is 938. The number of hydrogen-bond donors (Lipinski definition) is 6. The number of thioether (sulfide) groups is 1. The van der Waals surface area contributed by atoms with Crippen LogP contribution in [0.4, 0.5) is 0 Å². The molecule has 2 amide bonds. The van der Waals surface area contributed by atoms with Gasteiger partial charge in [0, 0.05) is 35.7 Å². The molecule has 33 heavy (non-hydrogen) atoms. The largest absolute Gasteiger partial charge is 0.477 e. The van der Waals surface area contributed by atoms with Crippen LogP contribution >= 0.6 is 11.8 Å². The second-order valence-electron chi connectivity index (χ2n) is 8.44. The number of aliphatic hydroxyl groups is 2. The van der Waals surface area contributed by atoms with E-state index in [2.05, 4.69) is 15.4 Å². The van der Waals surface area contributed by atoms with Crippen molar-refractivity contribution in [2.45, 2.75) is 43.7 Å². The number of aliphatic hydroxyl groups excluding tert-OH is 2. The van der Waals surface area contributed by atoms with E-state index in [0.717, 1.165) is 0 Å². The lowest BCUT2D eigenvalue weighted by Crippen LogP contribution is -2.63. The summed E-state index contributed by atoms with van der Waals surface area (Å²) in [7, 11) is -3.59. The van der Waals surface area contributed by atoms with E-state index in [-0.39, 0.29) is 60.2 Å². The number of β-lactam (4-membered cyclic amide) rings is 1. The second kappa shape index (κ2) is 10.3. The molecule has 0 aliphatic carbocycles. The average Bonchev–Trinajstić information content (AvgIpc) is 3.28. The Hall–Kier alpha value is -1.71. The van der Waals surface area contributed by atoms with Crippen molar-refractivity contribution in [1.29, 1.82) is 0 Å². The number of carboxylic acids is 1. The maximum Gasteiger partial charge on any atom is 0.353 e. The number of amides is 2. The van der Waals surface area contributed by atoms with Crippen molar-refractivity contribution in [3.05, 3.63) is 10.6 Å². The third-order valence-corrected chi connectivity index (χ3v) is 9.01. The average molecular weight is 507 g/mol. The van der Waals surface area contributed by atoms with E-state index in [4.69, 9.17) is 5.11 Å². The molecule has 3 aliphatic heterocycles. The summed E-state index contributed by atoms with van der Waals surface area (Å²) < 4.78 is 25.6. The van der Waals surface area contributed by atoms with Crippen LogP contribution in [-0.4, -0.2) is 102 Å². The number of sulfonamides is 1. The molecule has 3 heterocycles. The third-order valence-electron chi connectivity index (χ3n) is 6.12. The molecule has 0 radical (unpaired) electrons. The minimum Gasteiger partial charge on any atom is -0.477 e. The Balaban J connectivity index is 1.57. The molecule has 0 aromatic heterocycles. The second-order valence-corrected chi connectivity index (χ2v) is 11.7. The Morgan fingerprint density at radius 1 is 1.33 bits per heavy atom. The maximum atomic E-state index is 12.4. The van der Waals surface area contributed by atoms with Gasteiger partial charge < -0.3 is 30.9 Å². The highest BCUT2D eigenvalue weighted by atomic mass is 32.2. The van der Waals surface area contributed by atoms with Crippen LogP contribution in [-0.2, 0) is 24.4 Å². The van der Waals surface area contributed by atoms with Crippen molar-refractivity contribution in [3.8, 4) is 0 Å². The summed E-state index contributed by atoms with van der Waals surface area (Å²) in [6.07, 6.45) is -0.461. The number of nitrogens with zero attached hydrogens (tertiary/aromatic N) is 1. The van der Waals surface area contributed by atoms with E-state index in [1.165, 1.54) is 23.6 Å². The van der Waals surface area contributed by atoms with Crippen LogP contribution in [0.5, 0.6) is 0 Å². The molecule has 0 bridgehead atoms. The van der Waals surface area contributed by atoms with Gasteiger partial charge in [0.15, 0.2) is 0 Å². The van der Waals surface area contributed by atoms with E-state index in [1.807, 2.05) is 6.92 Å². The summed E-state index contributed by atoms with van der Waals surface area (Å²) >= 11 is 1.33. The van der Waals surface area contributed by atoms with Gasteiger partial charge in [-0.05, 0) is 13.3 Å². The van der Waals surface area contributed by atoms with Gasteiger partial charge in [0.2, 0.25) is 21.8 Å². The van der Waals surface area contributed by atoms with Crippen molar-refractivity contribution in [2.24, 2.45) is 11.8 Å². The lowest BCUT2D eigenvalue weighted by molar-refractivity contribution is -0.163. The molecule has 6 N–H and O–H groups in total. The first-order valence-corrected chi connectivity index (χ1v) is 13.3. The zero-order valence-electron chi connectivity index (χ0n) is 18.4. The molecule has 0 aromatic rings. The normalized spacial score (nSPS) is 30.2. The number of aliphatic carboxylic acids is 1. The van der Waals surface area contributed by atoms with Gasteiger partial charge in [-0.25, -0.2) is 17.9 Å². The monoisotopic (exact) mass is 506 g/mol. The van der Waals surface area contributed by atoms with Crippen LogP contribution in [0.2, 0.25) is 0 Å². The molecular weight excluding hydrogens is 476 g/mol. The smallest absolute Gasteiger partial charge is 0.353 e. The highest BCUT2D eigenvalue weighted by Crippen LogP contribution is 2.51. The number of hydrogen-bond acceptors (Lipinski definition) is 9. The Morgan fingerprint density at radius 2 is 2.03 bits per heavy atom. The zero-order chi connectivity index (χ0) is 24.5. The van der Waals surface area contributed by atoms with Crippen LogP contribution in [0.3, 0.4) is 0 Å². The third kappa shape index (κ3) is 5.35. The Kier molecular flexibility index (Phi) is 8.07. The van der Waals surface area contributed by atoms with Gasteiger partial charge in [-0.15, -0.1) is 11.8 Å². The summed E-state index contributed by atoms with van der Waals surface area (Å²) in [6, 6.07) is -0.939. The summed E-state index contributed by atoms with van der Waals surface area (Å²) in [4.78, 5) is 38.6. The molecule has 2 fully saturated rings. The molecule has 0 spiro atoms. The number of carbonyl (C=O) groups is 3. The van der Waals surface area contributed by atoms with E-state index in [1.54, 1.807) is 0 Å². The highest BCUT2D eigenvalue weighted by molar-refractivity contribution is 8.03. The van der Waals surface area contributed by atoms with Crippen molar-refractivity contribution in [1.82, 2.24) is 20.3 Å². The first kappa shape index (κ1) is 25.9. The van der Waals surface area contributed by atoms with Gasteiger partial charge in [0.05, 0.1) is 36.5 Å². The first-order chi connectivity index (χ1) is 15.5. The lowest BCUT2D eigenvalue weighted by Gasteiger charge is -2.46. The topological polar surface area (TPSA) is 185 Å². The molecule has 3 rings (SSSR count). The van der Waals surface area contributed by atoms with Crippen LogP contribution in [0.1, 0.15) is 20.3 Å². The van der Waals surface area contributed by atoms with Gasteiger partial charge in [-0.3, -0.25) is 9.59 Å². The fourth-order valence-corrected chi connectivity index (χ4v) is 6.95. The number of rotatable bonds is 11. The highest BCUT2D eigenvalue weighted by Gasteiger charge is 2.60. The van der Waals surface area contributed by atoms with E-state index in [9.17, 15) is 33.0 Å². The molecule has 2 saturated heterocycles. The summed E-state index contributed by atoms with van der Waals surface area (Å²) in [6.45, 7) is 3.32. The van der Waals surface area contributed by atoms with Crippen LogP contribution in [0.15, 0.2) is 10.6 Å². The molecule has 0 aromatic carbocycles. The quantitative estimate of drug-likeness (QED) is 0.165. The zero-order valence-corrected chi connectivity index (χ0v) is 20.0. The Morgan fingerprint density at radius 3 is 2.64 bits per heavy atom. The minimum absolute atomic E-state index is 0.0483. The van der Waals surface area contributed by atoms with E-state index < -0.39 is 34.1 Å². The van der Waals surface area contributed by atoms with Gasteiger partial charge >= 0.3 is 5.97 Å². The van der Waals surface area contributed by atoms with Crippen molar-refractivity contribution < 1.29 is 38.1 Å². The Labute approximate surface area is 196 Å². The van der Waals surface area contributed by atoms with Crippen LogP contribution in [0, 0.1) is 11.8 Å². The molecule has 3 aliphatic rings.